The molecule has 0 spiro atoms. The second-order valence-electron chi connectivity index (χ2n) is 9.57. The maximum absolute atomic E-state index is 13.6. The van der Waals surface area contributed by atoms with E-state index in [1.807, 2.05) is 24.3 Å². The normalized spacial score (nSPS) is 20.2. The number of Topliss-reactive ketones (excluding diaryl/α,β-unsaturated/α-hetero) is 1. The molecule has 6 heteroatoms. The highest BCUT2D eigenvalue weighted by atomic mass is 32.2. The Hall–Kier alpha value is -1.53. The van der Waals surface area contributed by atoms with Crippen molar-refractivity contribution < 1.29 is 14.3 Å². The summed E-state index contributed by atoms with van der Waals surface area (Å²) in [5, 5.41) is 2.96. The molecule has 1 aromatic carbocycles. The number of carbonyl (C=O) groups is 2. The lowest BCUT2D eigenvalue weighted by molar-refractivity contribution is -0.137. The zero-order valence-electron chi connectivity index (χ0n) is 19.6. The van der Waals surface area contributed by atoms with Gasteiger partial charge >= 0.3 is 0 Å². The van der Waals surface area contributed by atoms with Crippen molar-refractivity contribution in [3.8, 4) is 5.75 Å². The van der Waals surface area contributed by atoms with E-state index in [0.717, 1.165) is 42.7 Å². The highest BCUT2D eigenvalue weighted by Crippen LogP contribution is 2.31. The number of ketones is 1. The minimum absolute atomic E-state index is 0.0530. The Balaban J connectivity index is 1.65. The van der Waals surface area contributed by atoms with Crippen LogP contribution in [0.4, 0.5) is 0 Å². The molecule has 0 saturated heterocycles. The van der Waals surface area contributed by atoms with E-state index in [4.69, 9.17) is 10.5 Å². The molecule has 1 atom stereocenters. The molecule has 0 radical (unpaired) electrons. The van der Waals surface area contributed by atoms with E-state index in [2.05, 4.69) is 5.32 Å². The number of nitrogens with one attached hydrogen (secondary N) is 1. The lowest BCUT2D eigenvalue weighted by Gasteiger charge is -2.31. The minimum Gasteiger partial charge on any atom is -0.497 e. The van der Waals surface area contributed by atoms with E-state index in [0.29, 0.717) is 18.2 Å². The van der Waals surface area contributed by atoms with E-state index in [-0.39, 0.29) is 17.6 Å². The molecule has 3 rings (SSSR count). The Morgan fingerprint density at radius 1 is 1.00 bits per heavy atom. The van der Waals surface area contributed by atoms with Crippen LogP contribution in [0.2, 0.25) is 0 Å². The molecule has 1 aromatic rings. The molecule has 0 unspecified atom stereocenters. The molecule has 2 fully saturated rings. The molecule has 0 bridgehead atoms. The molecule has 0 heterocycles. The van der Waals surface area contributed by atoms with Gasteiger partial charge < -0.3 is 15.8 Å². The van der Waals surface area contributed by atoms with Crippen LogP contribution in [0.25, 0.3) is 0 Å². The zero-order valence-corrected chi connectivity index (χ0v) is 20.4. The summed E-state index contributed by atoms with van der Waals surface area (Å²) in [4.78, 5) is 26.9. The molecule has 2 saturated carbocycles. The largest absolute Gasteiger partial charge is 0.497 e. The van der Waals surface area contributed by atoms with Gasteiger partial charge in [-0.2, -0.15) is 11.8 Å². The fourth-order valence-corrected chi connectivity index (χ4v) is 6.36. The van der Waals surface area contributed by atoms with Gasteiger partial charge in [-0.1, -0.05) is 57.1 Å². The second-order valence-corrected chi connectivity index (χ2v) is 10.6. The van der Waals surface area contributed by atoms with E-state index >= 15 is 0 Å². The van der Waals surface area contributed by atoms with Crippen molar-refractivity contribution in [2.45, 2.75) is 82.7 Å². The molecular formula is C26H40N2O3S. The number of methoxy groups -OCH3 is 1. The summed E-state index contributed by atoms with van der Waals surface area (Å²) in [6.07, 6.45) is 12.6. The number of carbonyl (C=O) groups excluding carboxylic acids is 2. The monoisotopic (exact) mass is 460 g/mol. The van der Waals surface area contributed by atoms with Gasteiger partial charge in [0.2, 0.25) is 5.91 Å². The number of benzene rings is 1. The number of hydrogen-bond acceptors (Lipinski definition) is 5. The summed E-state index contributed by atoms with van der Waals surface area (Å²) in [7, 11) is 1.63. The molecule has 0 aromatic heterocycles. The predicted octanol–water partition coefficient (Wildman–Crippen LogP) is 4.86. The highest BCUT2D eigenvalue weighted by molar-refractivity contribution is 7.99. The first-order chi connectivity index (χ1) is 15.5. The standard InChI is InChI=1S/C26H40N2O3S/c1-31-23-15-13-20(14-16-23)17-28-25(30)26(27,19-32-18-21-9-5-4-6-10-21)24(29)22-11-7-2-3-8-12-22/h13-16,21-22H,2-12,17-19,27H2,1H3,(H,28,30)/t26-/m1/s1. The van der Waals surface area contributed by atoms with E-state index in [1.54, 1.807) is 18.9 Å². The lowest BCUT2D eigenvalue weighted by Crippen LogP contribution is -2.63. The minimum atomic E-state index is -1.46. The topological polar surface area (TPSA) is 81.4 Å². The third-order valence-electron chi connectivity index (χ3n) is 7.09. The lowest BCUT2D eigenvalue weighted by atomic mass is 9.83. The number of thioether (sulfide) groups is 1. The molecule has 2 aliphatic carbocycles. The Kier molecular flexibility index (Phi) is 9.92. The van der Waals surface area contributed by atoms with Gasteiger partial charge in [0.25, 0.3) is 0 Å². The van der Waals surface area contributed by atoms with Crippen molar-refractivity contribution in [2.24, 2.45) is 17.6 Å². The quantitative estimate of drug-likeness (QED) is 0.385. The highest BCUT2D eigenvalue weighted by Gasteiger charge is 2.44. The van der Waals surface area contributed by atoms with Gasteiger partial charge in [-0.05, 0) is 55.1 Å². The van der Waals surface area contributed by atoms with Crippen LogP contribution in [0.15, 0.2) is 24.3 Å². The van der Waals surface area contributed by atoms with E-state index in [1.165, 1.54) is 44.9 Å². The van der Waals surface area contributed by atoms with Crippen molar-refractivity contribution in [2.75, 3.05) is 18.6 Å². The average molecular weight is 461 g/mol. The maximum Gasteiger partial charge on any atom is 0.248 e. The number of rotatable bonds is 10. The smallest absolute Gasteiger partial charge is 0.248 e. The van der Waals surface area contributed by atoms with Crippen molar-refractivity contribution >= 4 is 23.5 Å². The summed E-state index contributed by atoms with van der Waals surface area (Å²) in [5.74, 6) is 2.34. The summed E-state index contributed by atoms with van der Waals surface area (Å²) in [6.45, 7) is 0.354. The zero-order chi connectivity index (χ0) is 22.8. The number of amides is 1. The van der Waals surface area contributed by atoms with Gasteiger partial charge in [0.15, 0.2) is 11.3 Å². The average Bonchev–Trinajstić information content (AvgIpc) is 3.12. The van der Waals surface area contributed by atoms with Gasteiger partial charge in [0.05, 0.1) is 7.11 Å². The van der Waals surface area contributed by atoms with Crippen LogP contribution in [0.5, 0.6) is 5.75 Å². The molecule has 178 valence electrons. The first-order valence-electron chi connectivity index (χ1n) is 12.3. The van der Waals surface area contributed by atoms with Crippen LogP contribution in [-0.4, -0.2) is 35.8 Å². The SMILES string of the molecule is COc1ccc(CNC(=O)[C@@](N)(CSCC2CCCCC2)C(=O)C2CCCCCC2)cc1. The van der Waals surface area contributed by atoms with Crippen LogP contribution in [0, 0.1) is 11.8 Å². The second kappa shape index (κ2) is 12.6. The van der Waals surface area contributed by atoms with Crippen LogP contribution >= 0.6 is 11.8 Å². The summed E-state index contributed by atoms with van der Waals surface area (Å²) < 4.78 is 5.20. The van der Waals surface area contributed by atoms with Gasteiger partial charge in [-0.3, -0.25) is 9.59 Å². The van der Waals surface area contributed by atoms with Crippen molar-refractivity contribution in [1.29, 1.82) is 0 Å². The molecule has 32 heavy (non-hydrogen) atoms. The molecular weight excluding hydrogens is 420 g/mol. The fraction of sp³-hybridized carbons (Fsp3) is 0.692. The number of nitrogens with two attached hydrogens (primary N) is 1. The Morgan fingerprint density at radius 3 is 2.22 bits per heavy atom. The number of ether oxygens (including phenoxy) is 1. The van der Waals surface area contributed by atoms with Crippen molar-refractivity contribution in [3.05, 3.63) is 29.8 Å². The first-order valence-corrected chi connectivity index (χ1v) is 13.5. The van der Waals surface area contributed by atoms with Crippen molar-refractivity contribution in [1.82, 2.24) is 5.32 Å². The van der Waals surface area contributed by atoms with Crippen LogP contribution in [0.3, 0.4) is 0 Å². The van der Waals surface area contributed by atoms with Gasteiger partial charge in [-0.15, -0.1) is 0 Å². The Morgan fingerprint density at radius 2 is 1.59 bits per heavy atom. The van der Waals surface area contributed by atoms with Gasteiger partial charge in [0.1, 0.15) is 5.75 Å². The van der Waals surface area contributed by atoms with E-state index < -0.39 is 5.54 Å². The van der Waals surface area contributed by atoms with Gasteiger partial charge in [-0.25, -0.2) is 0 Å². The molecule has 3 N–H and O–H groups in total. The first kappa shape index (κ1) is 25.1. The van der Waals surface area contributed by atoms with Crippen LogP contribution < -0.4 is 15.8 Å². The van der Waals surface area contributed by atoms with Crippen molar-refractivity contribution in [3.63, 3.8) is 0 Å². The third-order valence-corrected chi connectivity index (χ3v) is 8.46. The third kappa shape index (κ3) is 6.98. The Labute approximate surface area is 197 Å². The molecule has 0 aliphatic heterocycles. The van der Waals surface area contributed by atoms with Crippen LogP contribution in [0.1, 0.15) is 76.2 Å². The van der Waals surface area contributed by atoms with E-state index in [9.17, 15) is 9.59 Å². The molecule has 5 nitrogen and oxygen atoms in total. The van der Waals surface area contributed by atoms with Gasteiger partial charge in [0, 0.05) is 18.2 Å². The summed E-state index contributed by atoms with van der Waals surface area (Å²) >= 11 is 1.70. The number of hydrogen-bond donors (Lipinski definition) is 2. The molecule has 1 amide bonds. The maximum atomic E-state index is 13.6. The predicted molar refractivity (Wildman–Crippen MR) is 132 cm³/mol. The fourth-order valence-electron chi connectivity index (χ4n) is 4.98. The molecule has 2 aliphatic rings. The Bertz CT molecular complexity index is 725. The summed E-state index contributed by atoms with van der Waals surface area (Å²) in [5.41, 5.74) is 6.19. The summed E-state index contributed by atoms with van der Waals surface area (Å²) in [6, 6.07) is 7.58. The van der Waals surface area contributed by atoms with Crippen LogP contribution in [-0.2, 0) is 16.1 Å².